The quantitative estimate of drug-likeness (QED) is 0.568. The summed E-state index contributed by atoms with van der Waals surface area (Å²) >= 11 is 0. The highest BCUT2D eigenvalue weighted by molar-refractivity contribution is 5.87. The maximum Gasteiger partial charge on any atom is 0.135 e. The molecule has 2 aromatic rings. The van der Waals surface area contributed by atoms with Crippen LogP contribution in [0.15, 0.2) is 48.8 Å². The topological polar surface area (TPSA) is 85.1 Å². The van der Waals surface area contributed by atoms with Gasteiger partial charge in [-0.15, -0.1) is 0 Å². The minimum Gasteiger partial charge on any atom is -0.390 e. The van der Waals surface area contributed by atoms with Crippen molar-refractivity contribution in [3.05, 3.63) is 54.4 Å². The van der Waals surface area contributed by atoms with Crippen LogP contribution in [0.1, 0.15) is 26.3 Å². The van der Waals surface area contributed by atoms with Gasteiger partial charge in [-0.2, -0.15) is 0 Å². The van der Waals surface area contributed by atoms with Crippen LogP contribution in [0.4, 0.5) is 17.3 Å². The molecule has 3 N–H and O–H groups in total. The molecule has 1 aromatic heterocycles. The van der Waals surface area contributed by atoms with Gasteiger partial charge in [0.1, 0.15) is 18.0 Å². The third-order valence-electron chi connectivity index (χ3n) is 4.80. The molecule has 2 atom stereocenters. The number of aliphatic hydroxyl groups is 1. The van der Waals surface area contributed by atoms with Crippen molar-refractivity contribution < 1.29 is 5.11 Å². The predicted octanol–water partition coefficient (Wildman–Crippen LogP) is 3.37. The van der Waals surface area contributed by atoms with Crippen molar-refractivity contribution in [3.63, 3.8) is 0 Å². The summed E-state index contributed by atoms with van der Waals surface area (Å²) in [5.41, 5.74) is 0.822. The lowest BCUT2D eigenvalue weighted by molar-refractivity contribution is 0.0265. The molecule has 1 aliphatic heterocycles. The van der Waals surface area contributed by atoms with Crippen LogP contribution < -0.4 is 10.2 Å². The molecule has 26 heavy (non-hydrogen) atoms. The van der Waals surface area contributed by atoms with Gasteiger partial charge in [0.15, 0.2) is 0 Å². The molecule has 0 fully saturated rings. The fraction of sp³-hybridized carbons (Fsp3) is 0.350. The number of nitrogens with zero attached hydrogens (tertiary/aromatic N) is 3. The van der Waals surface area contributed by atoms with Crippen LogP contribution in [0.2, 0.25) is 0 Å². The van der Waals surface area contributed by atoms with E-state index in [1.807, 2.05) is 44.2 Å². The second-order valence-electron chi connectivity index (χ2n) is 7.12. The van der Waals surface area contributed by atoms with E-state index >= 15 is 0 Å². The third kappa shape index (κ3) is 3.75. The molecule has 0 amide bonds. The SMILES string of the molecule is CC1C(C(C)(C)O)C=CCN1c1cc(Nc2ccccc2C=N)ncn1. The first-order chi connectivity index (χ1) is 12.4. The first kappa shape index (κ1) is 18.1. The molecule has 1 aromatic carbocycles. The first-order valence-corrected chi connectivity index (χ1v) is 8.74. The Labute approximate surface area is 154 Å². The largest absolute Gasteiger partial charge is 0.390 e. The van der Waals surface area contributed by atoms with Crippen molar-refractivity contribution in [1.29, 1.82) is 5.41 Å². The number of benzene rings is 1. The lowest BCUT2D eigenvalue weighted by atomic mass is 9.82. The van der Waals surface area contributed by atoms with Gasteiger partial charge in [0.2, 0.25) is 0 Å². The van der Waals surface area contributed by atoms with E-state index in [1.165, 1.54) is 12.5 Å². The van der Waals surface area contributed by atoms with E-state index in [0.29, 0.717) is 5.82 Å². The van der Waals surface area contributed by atoms with Crippen LogP contribution in [0.25, 0.3) is 0 Å². The zero-order chi connectivity index (χ0) is 18.7. The molecule has 2 unspecified atom stereocenters. The summed E-state index contributed by atoms with van der Waals surface area (Å²) in [6, 6.07) is 9.62. The highest BCUT2D eigenvalue weighted by Gasteiger charge is 2.35. The van der Waals surface area contributed by atoms with Gasteiger partial charge in [-0.05, 0) is 26.8 Å². The second kappa shape index (κ2) is 7.25. The summed E-state index contributed by atoms with van der Waals surface area (Å²) in [6.07, 6.45) is 7.01. The third-order valence-corrected chi connectivity index (χ3v) is 4.80. The van der Waals surface area contributed by atoms with Gasteiger partial charge in [0.05, 0.1) is 5.60 Å². The van der Waals surface area contributed by atoms with Crippen LogP contribution in [0.3, 0.4) is 0 Å². The summed E-state index contributed by atoms with van der Waals surface area (Å²) < 4.78 is 0. The molecule has 6 nitrogen and oxygen atoms in total. The zero-order valence-electron chi connectivity index (χ0n) is 15.3. The van der Waals surface area contributed by atoms with Crippen LogP contribution in [0.5, 0.6) is 0 Å². The standard InChI is InChI=1S/C20H25N5O/c1-14-16(20(2,3)26)8-6-10-25(14)19-11-18(22-13-23-19)24-17-9-5-4-7-15(17)12-21/h4-9,11-14,16,21,26H,10H2,1-3H3,(H,22,23,24). The molecule has 0 saturated heterocycles. The number of rotatable bonds is 5. The van der Waals surface area contributed by atoms with E-state index in [0.717, 1.165) is 23.6 Å². The average Bonchev–Trinajstić information content (AvgIpc) is 2.61. The van der Waals surface area contributed by atoms with Gasteiger partial charge in [-0.3, -0.25) is 0 Å². The minimum atomic E-state index is -0.800. The van der Waals surface area contributed by atoms with E-state index in [4.69, 9.17) is 5.41 Å². The Hall–Kier alpha value is -2.73. The van der Waals surface area contributed by atoms with Gasteiger partial charge in [0, 0.05) is 42.0 Å². The van der Waals surface area contributed by atoms with Gasteiger partial charge in [-0.25, -0.2) is 9.97 Å². The molecular weight excluding hydrogens is 326 g/mol. The van der Waals surface area contributed by atoms with Crippen molar-refractivity contribution in [2.45, 2.75) is 32.4 Å². The van der Waals surface area contributed by atoms with Crippen LogP contribution in [-0.2, 0) is 0 Å². The van der Waals surface area contributed by atoms with Crippen molar-refractivity contribution in [3.8, 4) is 0 Å². The van der Waals surface area contributed by atoms with E-state index in [1.54, 1.807) is 0 Å². The number of nitrogens with one attached hydrogen (secondary N) is 2. The Morgan fingerprint density at radius 3 is 2.81 bits per heavy atom. The summed E-state index contributed by atoms with van der Waals surface area (Å²) in [7, 11) is 0. The highest BCUT2D eigenvalue weighted by atomic mass is 16.3. The summed E-state index contributed by atoms with van der Waals surface area (Å²) in [5.74, 6) is 1.49. The van der Waals surface area contributed by atoms with Gasteiger partial charge < -0.3 is 20.7 Å². The molecule has 0 aliphatic carbocycles. The van der Waals surface area contributed by atoms with Crippen LogP contribution >= 0.6 is 0 Å². The summed E-state index contributed by atoms with van der Waals surface area (Å²) in [6.45, 7) is 6.51. The van der Waals surface area contributed by atoms with Gasteiger partial charge in [-0.1, -0.05) is 30.4 Å². The van der Waals surface area contributed by atoms with Crippen molar-refractivity contribution >= 4 is 23.5 Å². The molecule has 136 valence electrons. The number of aromatic nitrogens is 2. The lowest BCUT2D eigenvalue weighted by Crippen LogP contribution is -2.49. The average molecular weight is 351 g/mol. The van der Waals surface area contributed by atoms with E-state index in [-0.39, 0.29) is 12.0 Å². The maximum atomic E-state index is 10.4. The molecule has 2 heterocycles. The molecule has 3 rings (SSSR count). The van der Waals surface area contributed by atoms with Crippen LogP contribution in [-0.4, -0.2) is 39.5 Å². The zero-order valence-corrected chi connectivity index (χ0v) is 15.3. The minimum absolute atomic E-state index is 0.0151. The number of hydrogen-bond acceptors (Lipinski definition) is 6. The number of para-hydroxylation sites is 1. The fourth-order valence-corrected chi connectivity index (χ4v) is 3.42. The second-order valence-corrected chi connectivity index (χ2v) is 7.12. The fourth-order valence-electron chi connectivity index (χ4n) is 3.42. The number of hydrogen-bond donors (Lipinski definition) is 3. The molecular formula is C20H25N5O. The predicted molar refractivity (Wildman–Crippen MR) is 105 cm³/mol. The monoisotopic (exact) mass is 351 g/mol. The Morgan fingerprint density at radius 2 is 2.08 bits per heavy atom. The molecule has 1 aliphatic rings. The van der Waals surface area contributed by atoms with Gasteiger partial charge in [0.25, 0.3) is 0 Å². The Morgan fingerprint density at radius 1 is 1.31 bits per heavy atom. The summed E-state index contributed by atoms with van der Waals surface area (Å²) in [4.78, 5) is 10.9. The van der Waals surface area contributed by atoms with Gasteiger partial charge >= 0.3 is 0 Å². The maximum absolute atomic E-state index is 10.4. The van der Waals surface area contributed by atoms with E-state index in [9.17, 15) is 5.11 Å². The molecule has 0 saturated carbocycles. The summed E-state index contributed by atoms with van der Waals surface area (Å²) in [5, 5.41) is 21.2. The van der Waals surface area contributed by atoms with Crippen molar-refractivity contribution in [2.24, 2.45) is 5.92 Å². The first-order valence-electron chi connectivity index (χ1n) is 8.74. The molecule has 6 heteroatoms. The molecule has 0 bridgehead atoms. The highest BCUT2D eigenvalue weighted by Crippen LogP contribution is 2.31. The van der Waals surface area contributed by atoms with E-state index in [2.05, 4.69) is 39.3 Å². The van der Waals surface area contributed by atoms with Crippen molar-refractivity contribution in [1.82, 2.24) is 9.97 Å². The Bertz CT molecular complexity index is 812. The van der Waals surface area contributed by atoms with Crippen LogP contribution in [0, 0.1) is 11.3 Å². The normalized spacial score (nSPS) is 20.1. The van der Waals surface area contributed by atoms with Crippen molar-refractivity contribution in [2.75, 3.05) is 16.8 Å². The Balaban J connectivity index is 1.86. The van der Waals surface area contributed by atoms with E-state index < -0.39 is 5.60 Å². The molecule has 0 radical (unpaired) electrons. The smallest absolute Gasteiger partial charge is 0.135 e. The number of anilines is 3. The lowest BCUT2D eigenvalue weighted by Gasteiger charge is -2.42. The molecule has 0 spiro atoms. The Kier molecular flexibility index (Phi) is 5.04.